The highest BCUT2D eigenvalue weighted by atomic mass is 32.2. The maximum Gasteiger partial charge on any atom is 0.191 e. The molecule has 1 saturated carbocycles. The van der Waals surface area contributed by atoms with Crippen LogP contribution in [-0.4, -0.2) is 49.6 Å². The second-order valence-electron chi connectivity index (χ2n) is 7.34. The number of fused-ring (bicyclic) bond motifs is 1. The number of thioether (sulfide) groups is 1. The van der Waals surface area contributed by atoms with Crippen LogP contribution in [-0.2, 0) is 6.54 Å². The molecule has 1 aliphatic rings. The van der Waals surface area contributed by atoms with Gasteiger partial charge in [0.25, 0.3) is 0 Å². The van der Waals surface area contributed by atoms with Gasteiger partial charge in [0, 0.05) is 44.4 Å². The minimum Gasteiger partial charge on any atom is -0.363 e. The van der Waals surface area contributed by atoms with Crippen molar-refractivity contribution >= 4 is 34.4 Å². The molecule has 27 heavy (non-hydrogen) atoms. The number of hydrogen-bond acceptors (Lipinski definition) is 4. The highest BCUT2D eigenvalue weighted by Gasteiger charge is 2.22. The first-order chi connectivity index (χ1) is 13.1. The minimum absolute atomic E-state index is 0.508. The molecule has 146 valence electrons. The number of nitrogens with one attached hydrogen (secondary N) is 2. The van der Waals surface area contributed by atoms with E-state index in [4.69, 9.17) is 4.98 Å². The van der Waals surface area contributed by atoms with Crippen LogP contribution in [0.4, 0.5) is 5.82 Å². The maximum absolute atomic E-state index is 4.74. The number of guanidine groups is 1. The number of benzene rings is 1. The molecule has 0 radical (unpaired) electrons. The maximum atomic E-state index is 4.74. The lowest BCUT2D eigenvalue weighted by Crippen LogP contribution is -2.45. The number of pyridine rings is 1. The van der Waals surface area contributed by atoms with Crippen molar-refractivity contribution in [2.45, 2.75) is 43.5 Å². The topological polar surface area (TPSA) is 52.6 Å². The number of nitrogens with zero attached hydrogens (tertiary/aromatic N) is 3. The van der Waals surface area contributed by atoms with E-state index in [9.17, 15) is 0 Å². The molecule has 1 heterocycles. The van der Waals surface area contributed by atoms with Gasteiger partial charge in [0.1, 0.15) is 5.82 Å². The summed E-state index contributed by atoms with van der Waals surface area (Å²) in [6.07, 6.45) is 7.28. The molecule has 2 aromatic rings. The Bertz CT molecular complexity index is 789. The van der Waals surface area contributed by atoms with Crippen LogP contribution < -0.4 is 15.5 Å². The van der Waals surface area contributed by atoms with E-state index in [1.165, 1.54) is 36.6 Å². The van der Waals surface area contributed by atoms with Crippen LogP contribution >= 0.6 is 11.8 Å². The van der Waals surface area contributed by atoms with Gasteiger partial charge in [-0.15, -0.1) is 0 Å². The fourth-order valence-corrected chi connectivity index (χ4v) is 4.49. The first-order valence-electron chi connectivity index (χ1n) is 9.66. The average Bonchev–Trinajstić information content (AvgIpc) is 2.70. The van der Waals surface area contributed by atoms with Crippen LogP contribution in [0.25, 0.3) is 10.9 Å². The van der Waals surface area contributed by atoms with Gasteiger partial charge >= 0.3 is 0 Å². The van der Waals surface area contributed by atoms with Gasteiger partial charge in [0.2, 0.25) is 0 Å². The summed E-state index contributed by atoms with van der Waals surface area (Å²) in [5.74, 6) is 1.86. The molecule has 1 aromatic carbocycles. The van der Waals surface area contributed by atoms with Gasteiger partial charge in [0.05, 0.1) is 5.52 Å². The SMILES string of the molecule is CN=C(NCc1cc(N(C)C)nc2ccccc12)NC1CCCC(SC)C1. The molecule has 5 nitrogen and oxygen atoms in total. The van der Waals surface area contributed by atoms with E-state index in [-0.39, 0.29) is 0 Å². The molecule has 0 aliphatic heterocycles. The van der Waals surface area contributed by atoms with Crippen LogP contribution in [0.2, 0.25) is 0 Å². The van der Waals surface area contributed by atoms with Gasteiger partial charge in [0.15, 0.2) is 5.96 Å². The molecular formula is C21H31N5S. The molecule has 2 unspecified atom stereocenters. The van der Waals surface area contributed by atoms with Gasteiger partial charge < -0.3 is 15.5 Å². The lowest BCUT2D eigenvalue weighted by atomic mass is 9.95. The number of aromatic nitrogens is 1. The van der Waals surface area contributed by atoms with Crippen LogP contribution in [0.1, 0.15) is 31.2 Å². The van der Waals surface area contributed by atoms with Crippen molar-refractivity contribution in [3.05, 3.63) is 35.9 Å². The third kappa shape index (κ3) is 5.06. The van der Waals surface area contributed by atoms with Crippen molar-refractivity contribution in [1.29, 1.82) is 0 Å². The second-order valence-corrected chi connectivity index (χ2v) is 8.48. The van der Waals surface area contributed by atoms with Crippen molar-refractivity contribution < 1.29 is 0 Å². The fraction of sp³-hybridized carbons (Fsp3) is 0.524. The number of anilines is 1. The van der Waals surface area contributed by atoms with E-state index in [2.05, 4.69) is 46.1 Å². The second kappa shape index (κ2) is 9.31. The summed E-state index contributed by atoms with van der Waals surface area (Å²) in [5.41, 5.74) is 2.26. The van der Waals surface area contributed by atoms with Gasteiger partial charge in [-0.3, -0.25) is 4.99 Å². The Morgan fingerprint density at radius 1 is 1.30 bits per heavy atom. The molecule has 1 aromatic heterocycles. The number of aliphatic imine (C=N–C) groups is 1. The fourth-order valence-electron chi connectivity index (χ4n) is 3.66. The zero-order valence-electron chi connectivity index (χ0n) is 16.8. The van der Waals surface area contributed by atoms with Crippen molar-refractivity contribution in [3.8, 4) is 0 Å². The normalized spacial score (nSPS) is 20.5. The molecule has 6 heteroatoms. The van der Waals surface area contributed by atoms with Gasteiger partial charge in [-0.25, -0.2) is 4.98 Å². The summed E-state index contributed by atoms with van der Waals surface area (Å²) in [7, 11) is 5.90. The monoisotopic (exact) mass is 385 g/mol. The Kier molecular flexibility index (Phi) is 6.83. The Balaban J connectivity index is 1.71. The Morgan fingerprint density at radius 2 is 2.11 bits per heavy atom. The van der Waals surface area contributed by atoms with Gasteiger partial charge in [-0.1, -0.05) is 24.6 Å². The van der Waals surface area contributed by atoms with Crippen LogP contribution in [0, 0.1) is 0 Å². The summed E-state index contributed by atoms with van der Waals surface area (Å²) >= 11 is 1.99. The molecule has 2 N–H and O–H groups in total. The highest BCUT2D eigenvalue weighted by Crippen LogP contribution is 2.27. The predicted molar refractivity (Wildman–Crippen MR) is 119 cm³/mol. The quantitative estimate of drug-likeness (QED) is 0.608. The lowest BCUT2D eigenvalue weighted by molar-refractivity contribution is 0.419. The van der Waals surface area contributed by atoms with E-state index in [0.717, 1.165) is 29.1 Å². The first-order valence-corrected chi connectivity index (χ1v) is 11.0. The summed E-state index contributed by atoms with van der Waals surface area (Å²) in [4.78, 5) is 11.2. The Hall–Kier alpha value is -1.95. The molecule has 1 aliphatic carbocycles. The smallest absolute Gasteiger partial charge is 0.191 e. The third-order valence-electron chi connectivity index (χ3n) is 5.22. The summed E-state index contributed by atoms with van der Waals surface area (Å²) in [6.45, 7) is 0.724. The van der Waals surface area contributed by atoms with Crippen molar-refractivity contribution in [3.63, 3.8) is 0 Å². The van der Waals surface area contributed by atoms with Crippen molar-refractivity contribution in [1.82, 2.24) is 15.6 Å². The van der Waals surface area contributed by atoms with E-state index in [0.29, 0.717) is 6.04 Å². The Labute approximate surface area is 167 Å². The Morgan fingerprint density at radius 3 is 2.85 bits per heavy atom. The molecule has 0 saturated heterocycles. The highest BCUT2D eigenvalue weighted by molar-refractivity contribution is 7.99. The zero-order valence-corrected chi connectivity index (χ0v) is 17.6. The van der Waals surface area contributed by atoms with Crippen molar-refractivity contribution in [2.75, 3.05) is 32.3 Å². The van der Waals surface area contributed by atoms with E-state index in [1.54, 1.807) is 0 Å². The molecule has 1 fully saturated rings. The summed E-state index contributed by atoms with van der Waals surface area (Å²) in [5, 5.41) is 9.09. The lowest BCUT2D eigenvalue weighted by Gasteiger charge is -2.30. The summed E-state index contributed by atoms with van der Waals surface area (Å²) in [6, 6.07) is 11.0. The largest absolute Gasteiger partial charge is 0.363 e. The molecule has 3 rings (SSSR count). The van der Waals surface area contributed by atoms with E-state index < -0.39 is 0 Å². The van der Waals surface area contributed by atoms with Gasteiger partial charge in [-0.05, 0) is 43.2 Å². The third-order valence-corrected chi connectivity index (χ3v) is 6.31. The molecule has 0 spiro atoms. The van der Waals surface area contributed by atoms with Crippen LogP contribution in [0.5, 0.6) is 0 Å². The van der Waals surface area contributed by atoms with E-state index >= 15 is 0 Å². The van der Waals surface area contributed by atoms with Crippen molar-refractivity contribution in [2.24, 2.45) is 4.99 Å². The molecule has 0 amide bonds. The first kappa shape index (κ1) is 19.8. The van der Waals surface area contributed by atoms with Gasteiger partial charge in [-0.2, -0.15) is 11.8 Å². The molecule has 2 atom stereocenters. The summed E-state index contributed by atoms with van der Waals surface area (Å²) < 4.78 is 0. The number of hydrogen-bond donors (Lipinski definition) is 2. The average molecular weight is 386 g/mol. The number of para-hydroxylation sites is 1. The molecule has 0 bridgehead atoms. The van der Waals surface area contributed by atoms with Crippen LogP contribution in [0.15, 0.2) is 35.3 Å². The van der Waals surface area contributed by atoms with E-state index in [1.807, 2.05) is 43.9 Å². The minimum atomic E-state index is 0.508. The standard InChI is InChI=1S/C21H31N5S/c1-22-21(24-16-8-7-9-17(13-16)27-4)23-14-15-12-20(26(2)3)25-19-11-6-5-10-18(15)19/h5-6,10-12,16-17H,7-9,13-14H2,1-4H3,(H2,22,23,24). The zero-order chi connectivity index (χ0) is 19.2. The molecular weight excluding hydrogens is 354 g/mol. The number of rotatable bonds is 5. The predicted octanol–water partition coefficient (Wildman–Crippen LogP) is 3.64. The van der Waals surface area contributed by atoms with Crippen LogP contribution in [0.3, 0.4) is 0 Å².